The average Bonchev–Trinajstić information content (AvgIpc) is 3.14. The van der Waals surface area contributed by atoms with E-state index in [1.54, 1.807) is 6.92 Å². The molecule has 124 valence electrons. The molecule has 22 heavy (non-hydrogen) atoms. The third-order valence-corrected chi connectivity index (χ3v) is 5.82. The quantitative estimate of drug-likeness (QED) is 0.773. The lowest BCUT2D eigenvalue weighted by Crippen LogP contribution is -2.51. The number of hydrogen-bond acceptors (Lipinski definition) is 3. The number of carbonyl (C=O) groups is 2. The zero-order valence-corrected chi connectivity index (χ0v) is 14.0. The Labute approximate surface area is 133 Å². The third-order valence-electron chi connectivity index (χ3n) is 5.82. The highest BCUT2D eigenvalue weighted by molar-refractivity contribution is 5.81. The van der Waals surface area contributed by atoms with Crippen molar-refractivity contribution in [3.05, 3.63) is 0 Å². The second-order valence-electron chi connectivity index (χ2n) is 7.24. The molecule has 5 nitrogen and oxygen atoms in total. The first-order chi connectivity index (χ1) is 10.6. The van der Waals surface area contributed by atoms with Crippen molar-refractivity contribution in [2.75, 3.05) is 33.2 Å². The van der Waals surface area contributed by atoms with Crippen LogP contribution in [-0.4, -0.2) is 71.8 Å². The SMILES string of the molecule is CC(=O)N1CCC[C@H](C(=O)N2CCC[C@@H]2[C@H]2CCCN2C)C1. The Bertz CT molecular complexity index is 440. The average molecular weight is 307 g/mol. The van der Waals surface area contributed by atoms with E-state index in [-0.39, 0.29) is 11.8 Å². The van der Waals surface area contributed by atoms with Crippen molar-refractivity contribution in [3.8, 4) is 0 Å². The van der Waals surface area contributed by atoms with Crippen molar-refractivity contribution >= 4 is 11.8 Å². The lowest BCUT2D eigenvalue weighted by molar-refractivity contribution is -0.141. The molecule has 2 amide bonds. The molecule has 0 aliphatic carbocycles. The zero-order valence-electron chi connectivity index (χ0n) is 14.0. The molecule has 0 unspecified atom stereocenters. The summed E-state index contributed by atoms with van der Waals surface area (Å²) in [4.78, 5) is 31.0. The molecule has 0 aromatic heterocycles. The van der Waals surface area contributed by atoms with Crippen LogP contribution in [0.15, 0.2) is 0 Å². The number of piperidine rings is 1. The lowest BCUT2D eigenvalue weighted by atomic mass is 9.95. The fourth-order valence-corrected chi connectivity index (χ4v) is 4.59. The first-order valence-corrected chi connectivity index (χ1v) is 8.84. The summed E-state index contributed by atoms with van der Waals surface area (Å²) in [6.45, 7) is 5.11. The van der Waals surface area contributed by atoms with Gasteiger partial charge >= 0.3 is 0 Å². The summed E-state index contributed by atoms with van der Waals surface area (Å²) in [6.07, 6.45) is 6.63. The fourth-order valence-electron chi connectivity index (χ4n) is 4.59. The maximum absolute atomic E-state index is 13.0. The van der Waals surface area contributed by atoms with E-state index in [0.717, 1.165) is 45.3 Å². The van der Waals surface area contributed by atoms with Crippen molar-refractivity contribution in [1.82, 2.24) is 14.7 Å². The van der Waals surface area contributed by atoms with Crippen molar-refractivity contribution in [1.29, 1.82) is 0 Å². The van der Waals surface area contributed by atoms with E-state index < -0.39 is 0 Å². The van der Waals surface area contributed by atoms with Gasteiger partial charge in [-0.1, -0.05) is 0 Å². The second-order valence-corrected chi connectivity index (χ2v) is 7.24. The van der Waals surface area contributed by atoms with Crippen molar-refractivity contribution in [2.45, 2.75) is 57.5 Å². The minimum absolute atomic E-state index is 0.0185. The normalized spacial score (nSPS) is 33.5. The molecule has 0 aromatic carbocycles. The number of likely N-dealkylation sites (N-methyl/N-ethyl adjacent to an activating group) is 1. The Balaban J connectivity index is 1.66. The van der Waals surface area contributed by atoms with Gasteiger partial charge in [-0.05, 0) is 52.1 Å². The molecule has 0 aromatic rings. The van der Waals surface area contributed by atoms with Gasteiger partial charge in [0.2, 0.25) is 11.8 Å². The molecule has 3 fully saturated rings. The van der Waals surface area contributed by atoms with Gasteiger partial charge in [-0.25, -0.2) is 0 Å². The summed E-state index contributed by atoms with van der Waals surface area (Å²) in [5, 5.41) is 0. The monoisotopic (exact) mass is 307 g/mol. The molecule has 5 heteroatoms. The summed E-state index contributed by atoms with van der Waals surface area (Å²) in [7, 11) is 2.19. The lowest BCUT2D eigenvalue weighted by Gasteiger charge is -2.38. The van der Waals surface area contributed by atoms with Crippen LogP contribution in [0.4, 0.5) is 0 Å². The Kier molecular flexibility index (Phi) is 4.71. The second kappa shape index (κ2) is 6.57. The Morgan fingerprint density at radius 3 is 2.27 bits per heavy atom. The van der Waals surface area contributed by atoms with E-state index in [1.807, 2.05) is 4.90 Å². The number of amides is 2. The van der Waals surface area contributed by atoms with Gasteiger partial charge in [0, 0.05) is 38.6 Å². The van der Waals surface area contributed by atoms with Crippen LogP contribution in [0, 0.1) is 5.92 Å². The van der Waals surface area contributed by atoms with Gasteiger partial charge in [-0.2, -0.15) is 0 Å². The van der Waals surface area contributed by atoms with Crippen LogP contribution in [-0.2, 0) is 9.59 Å². The molecule has 0 spiro atoms. The van der Waals surface area contributed by atoms with Crippen LogP contribution in [0.5, 0.6) is 0 Å². The predicted octanol–water partition coefficient (Wildman–Crippen LogP) is 1.33. The summed E-state index contributed by atoms with van der Waals surface area (Å²) in [5.41, 5.74) is 0. The molecule has 3 rings (SSSR count). The summed E-state index contributed by atoms with van der Waals surface area (Å²) >= 11 is 0. The topological polar surface area (TPSA) is 43.9 Å². The Hall–Kier alpha value is -1.10. The van der Waals surface area contributed by atoms with Gasteiger partial charge in [0.05, 0.1) is 5.92 Å². The number of hydrogen-bond donors (Lipinski definition) is 0. The van der Waals surface area contributed by atoms with Crippen LogP contribution < -0.4 is 0 Å². The number of carbonyl (C=O) groups excluding carboxylic acids is 2. The van der Waals surface area contributed by atoms with Crippen LogP contribution in [0.25, 0.3) is 0 Å². The van der Waals surface area contributed by atoms with E-state index >= 15 is 0 Å². The standard InChI is InChI=1S/C17H29N3O2/c1-13(21)19-10-3-6-14(12-19)17(22)20-11-5-8-16(20)15-7-4-9-18(15)2/h14-16H,3-12H2,1-2H3/t14-,15+,16+/m0/s1. The minimum Gasteiger partial charge on any atom is -0.342 e. The molecule has 0 radical (unpaired) electrons. The maximum Gasteiger partial charge on any atom is 0.227 e. The Morgan fingerprint density at radius 2 is 1.59 bits per heavy atom. The van der Waals surface area contributed by atoms with Gasteiger partial charge in [0.15, 0.2) is 0 Å². The van der Waals surface area contributed by atoms with E-state index in [4.69, 9.17) is 0 Å². The van der Waals surface area contributed by atoms with Gasteiger partial charge in [-0.3, -0.25) is 9.59 Å². The molecular weight excluding hydrogens is 278 g/mol. The molecule has 3 atom stereocenters. The van der Waals surface area contributed by atoms with Crippen LogP contribution in [0.1, 0.15) is 45.4 Å². The molecule has 3 saturated heterocycles. The van der Waals surface area contributed by atoms with Crippen LogP contribution in [0.3, 0.4) is 0 Å². The molecule has 0 N–H and O–H groups in total. The minimum atomic E-state index is 0.0185. The first kappa shape index (κ1) is 15.8. The maximum atomic E-state index is 13.0. The van der Waals surface area contributed by atoms with Gasteiger partial charge in [-0.15, -0.1) is 0 Å². The van der Waals surface area contributed by atoms with Crippen LogP contribution in [0.2, 0.25) is 0 Å². The smallest absolute Gasteiger partial charge is 0.227 e. The zero-order chi connectivity index (χ0) is 15.7. The molecular formula is C17H29N3O2. The summed E-state index contributed by atoms with van der Waals surface area (Å²) < 4.78 is 0. The van der Waals surface area contributed by atoms with Crippen molar-refractivity contribution < 1.29 is 9.59 Å². The van der Waals surface area contributed by atoms with E-state index in [2.05, 4.69) is 16.8 Å². The molecule has 3 aliphatic rings. The Morgan fingerprint density at radius 1 is 0.909 bits per heavy atom. The largest absolute Gasteiger partial charge is 0.342 e. The molecule has 3 aliphatic heterocycles. The third kappa shape index (κ3) is 3.00. The van der Waals surface area contributed by atoms with Crippen LogP contribution >= 0.6 is 0 Å². The first-order valence-electron chi connectivity index (χ1n) is 8.84. The van der Waals surface area contributed by atoms with Gasteiger partial charge < -0.3 is 14.7 Å². The summed E-state index contributed by atoms with van der Waals surface area (Å²) in [5.74, 6) is 0.421. The highest BCUT2D eigenvalue weighted by Gasteiger charge is 2.41. The highest BCUT2D eigenvalue weighted by Crippen LogP contribution is 2.31. The van der Waals surface area contributed by atoms with E-state index in [0.29, 0.717) is 24.5 Å². The van der Waals surface area contributed by atoms with Gasteiger partial charge in [0.25, 0.3) is 0 Å². The number of nitrogens with zero attached hydrogens (tertiary/aromatic N) is 3. The molecule has 0 saturated carbocycles. The predicted molar refractivity (Wildman–Crippen MR) is 85.4 cm³/mol. The van der Waals surface area contributed by atoms with Crippen molar-refractivity contribution in [2.24, 2.45) is 5.92 Å². The molecule has 0 bridgehead atoms. The van der Waals surface area contributed by atoms with E-state index in [9.17, 15) is 9.59 Å². The van der Waals surface area contributed by atoms with E-state index in [1.165, 1.54) is 12.8 Å². The number of rotatable bonds is 2. The van der Waals surface area contributed by atoms with Gasteiger partial charge in [0.1, 0.15) is 0 Å². The number of likely N-dealkylation sites (tertiary alicyclic amines) is 3. The fraction of sp³-hybridized carbons (Fsp3) is 0.882. The highest BCUT2D eigenvalue weighted by atomic mass is 16.2. The molecule has 3 heterocycles. The summed E-state index contributed by atoms with van der Waals surface area (Å²) in [6, 6.07) is 0.937. The van der Waals surface area contributed by atoms with Crippen molar-refractivity contribution in [3.63, 3.8) is 0 Å².